The lowest BCUT2D eigenvalue weighted by molar-refractivity contribution is 0.0755. The second-order valence-electron chi connectivity index (χ2n) is 4.81. The zero-order valence-corrected chi connectivity index (χ0v) is 12.5. The van der Waals surface area contributed by atoms with E-state index in [1.807, 2.05) is 31.2 Å². The monoisotopic (exact) mass is 299 g/mol. The molecular weight excluding hydrogens is 282 g/mol. The van der Waals surface area contributed by atoms with Crippen LogP contribution in [0, 0.1) is 0 Å². The number of para-hydroxylation sites is 1. The van der Waals surface area contributed by atoms with E-state index in [0.717, 1.165) is 5.56 Å². The Labute approximate surface area is 128 Å². The Bertz CT molecular complexity index is 699. The van der Waals surface area contributed by atoms with E-state index in [-0.39, 0.29) is 5.91 Å². The molecule has 0 saturated heterocycles. The van der Waals surface area contributed by atoms with Crippen molar-refractivity contribution in [2.24, 2.45) is 0 Å². The molecule has 0 saturated carbocycles. The summed E-state index contributed by atoms with van der Waals surface area (Å²) in [4.78, 5) is 12.2. The van der Waals surface area contributed by atoms with E-state index in [1.54, 1.807) is 25.3 Å². The van der Waals surface area contributed by atoms with Gasteiger partial charge in [0.05, 0.1) is 19.3 Å². The van der Waals surface area contributed by atoms with Crippen molar-refractivity contribution in [2.75, 3.05) is 13.7 Å². The molecule has 0 spiro atoms. The number of nitrogens with one attached hydrogen (secondary N) is 1. The summed E-state index contributed by atoms with van der Waals surface area (Å²) in [6.45, 7) is 2.43. The third-order valence-electron chi connectivity index (χ3n) is 3.43. The maximum Gasteiger partial charge on any atom is 0.258 e. The van der Waals surface area contributed by atoms with E-state index in [0.29, 0.717) is 29.4 Å². The molecule has 0 aliphatic carbocycles. The van der Waals surface area contributed by atoms with Gasteiger partial charge in [0.15, 0.2) is 17.7 Å². The minimum absolute atomic E-state index is 0.152. The molecule has 5 heteroatoms. The maximum absolute atomic E-state index is 12.2. The van der Waals surface area contributed by atoms with Gasteiger partial charge in [0.1, 0.15) is 5.75 Å². The first kappa shape index (κ1) is 14.3. The highest BCUT2D eigenvalue weighted by atomic mass is 16.5. The first-order valence-electron chi connectivity index (χ1n) is 7.10. The third-order valence-corrected chi connectivity index (χ3v) is 3.43. The number of methoxy groups -OCH3 is 1. The molecule has 0 bridgehead atoms. The maximum atomic E-state index is 12.2. The molecular formula is C17H17NO4. The van der Waals surface area contributed by atoms with E-state index in [2.05, 4.69) is 5.32 Å². The predicted octanol–water partition coefficient (Wildman–Crippen LogP) is 2.91. The summed E-state index contributed by atoms with van der Waals surface area (Å²) in [6, 6.07) is 12.6. The van der Waals surface area contributed by atoms with Gasteiger partial charge in [-0.1, -0.05) is 12.1 Å². The van der Waals surface area contributed by atoms with Crippen LogP contribution in [0.25, 0.3) is 0 Å². The summed E-state index contributed by atoms with van der Waals surface area (Å²) in [5.74, 6) is 1.69. The zero-order chi connectivity index (χ0) is 15.5. The lowest BCUT2D eigenvalue weighted by atomic mass is 10.1. The van der Waals surface area contributed by atoms with Gasteiger partial charge in [0.2, 0.25) is 0 Å². The number of hydrogen-bond donors (Lipinski definition) is 1. The summed E-state index contributed by atoms with van der Waals surface area (Å²) < 4.78 is 16.7. The SMILES string of the molecule is CCOc1cc([C@@H]2NC(=O)c3ccccc3O2)ccc1OC. The molecule has 1 N–H and O–H groups in total. The highest BCUT2D eigenvalue weighted by molar-refractivity contribution is 5.98. The molecule has 0 unspecified atom stereocenters. The van der Waals surface area contributed by atoms with Crippen LogP contribution < -0.4 is 19.5 Å². The van der Waals surface area contributed by atoms with Gasteiger partial charge in [-0.15, -0.1) is 0 Å². The van der Waals surface area contributed by atoms with Gasteiger partial charge >= 0.3 is 0 Å². The number of carbonyl (C=O) groups is 1. The van der Waals surface area contributed by atoms with Crippen molar-refractivity contribution >= 4 is 5.91 Å². The zero-order valence-electron chi connectivity index (χ0n) is 12.5. The van der Waals surface area contributed by atoms with Gasteiger partial charge < -0.3 is 19.5 Å². The van der Waals surface area contributed by atoms with Crippen LogP contribution >= 0.6 is 0 Å². The van der Waals surface area contributed by atoms with Gasteiger partial charge in [0, 0.05) is 5.56 Å². The average Bonchev–Trinajstić information content (AvgIpc) is 2.55. The van der Waals surface area contributed by atoms with Crippen LogP contribution in [0.5, 0.6) is 17.2 Å². The normalized spacial score (nSPS) is 16.3. The number of hydrogen-bond acceptors (Lipinski definition) is 4. The fourth-order valence-corrected chi connectivity index (χ4v) is 2.39. The number of benzene rings is 2. The van der Waals surface area contributed by atoms with Crippen molar-refractivity contribution in [3.8, 4) is 17.2 Å². The quantitative estimate of drug-likeness (QED) is 0.943. The molecule has 1 heterocycles. The summed E-state index contributed by atoms with van der Waals surface area (Å²) in [5.41, 5.74) is 1.34. The summed E-state index contributed by atoms with van der Waals surface area (Å²) in [7, 11) is 1.59. The molecule has 1 aliphatic rings. The molecule has 1 amide bonds. The van der Waals surface area contributed by atoms with E-state index in [4.69, 9.17) is 14.2 Å². The molecule has 0 aromatic heterocycles. The van der Waals surface area contributed by atoms with E-state index >= 15 is 0 Å². The van der Waals surface area contributed by atoms with Gasteiger partial charge in [-0.05, 0) is 37.3 Å². The molecule has 2 aromatic rings. The number of fused-ring (bicyclic) bond motifs is 1. The van der Waals surface area contributed by atoms with Crippen LogP contribution in [0.1, 0.15) is 29.1 Å². The second-order valence-corrected chi connectivity index (χ2v) is 4.81. The van der Waals surface area contributed by atoms with E-state index in [9.17, 15) is 4.79 Å². The fourth-order valence-electron chi connectivity index (χ4n) is 2.39. The molecule has 114 valence electrons. The minimum Gasteiger partial charge on any atom is -0.493 e. The molecule has 3 rings (SSSR count). The predicted molar refractivity (Wildman–Crippen MR) is 81.4 cm³/mol. The molecule has 2 aromatic carbocycles. The number of rotatable bonds is 4. The first-order chi connectivity index (χ1) is 10.7. The van der Waals surface area contributed by atoms with Gasteiger partial charge in [0.25, 0.3) is 5.91 Å². The Balaban J connectivity index is 1.92. The third kappa shape index (κ3) is 2.57. The Morgan fingerprint density at radius 1 is 1.18 bits per heavy atom. The van der Waals surface area contributed by atoms with E-state index < -0.39 is 6.23 Å². The fraction of sp³-hybridized carbons (Fsp3) is 0.235. The van der Waals surface area contributed by atoms with Gasteiger partial charge in [-0.3, -0.25) is 4.79 Å². The Hall–Kier alpha value is -2.69. The average molecular weight is 299 g/mol. The highest BCUT2D eigenvalue weighted by Crippen LogP contribution is 2.34. The lowest BCUT2D eigenvalue weighted by Crippen LogP contribution is -2.36. The molecule has 22 heavy (non-hydrogen) atoms. The topological polar surface area (TPSA) is 56.8 Å². The minimum atomic E-state index is -0.549. The summed E-state index contributed by atoms with van der Waals surface area (Å²) >= 11 is 0. The number of ether oxygens (including phenoxy) is 3. The smallest absolute Gasteiger partial charge is 0.258 e. The molecule has 1 atom stereocenters. The number of amides is 1. The Kier molecular flexibility index (Phi) is 3.87. The lowest BCUT2D eigenvalue weighted by Gasteiger charge is -2.27. The van der Waals surface area contributed by atoms with Crippen LogP contribution in [0.15, 0.2) is 42.5 Å². The van der Waals surface area contributed by atoms with Crippen LogP contribution in [0.4, 0.5) is 0 Å². The molecule has 1 aliphatic heterocycles. The Morgan fingerprint density at radius 2 is 2.00 bits per heavy atom. The molecule has 0 radical (unpaired) electrons. The van der Waals surface area contributed by atoms with Crippen LogP contribution in [0.2, 0.25) is 0 Å². The van der Waals surface area contributed by atoms with Crippen molar-refractivity contribution < 1.29 is 19.0 Å². The second kappa shape index (κ2) is 5.97. The van der Waals surface area contributed by atoms with Crippen molar-refractivity contribution in [1.29, 1.82) is 0 Å². The van der Waals surface area contributed by atoms with Crippen molar-refractivity contribution in [3.63, 3.8) is 0 Å². The van der Waals surface area contributed by atoms with Gasteiger partial charge in [-0.2, -0.15) is 0 Å². The highest BCUT2D eigenvalue weighted by Gasteiger charge is 2.26. The number of carbonyl (C=O) groups excluding carboxylic acids is 1. The Morgan fingerprint density at radius 3 is 2.77 bits per heavy atom. The van der Waals surface area contributed by atoms with Crippen LogP contribution in [0.3, 0.4) is 0 Å². The molecule has 5 nitrogen and oxygen atoms in total. The van der Waals surface area contributed by atoms with Crippen LogP contribution in [-0.2, 0) is 0 Å². The molecule has 0 fully saturated rings. The van der Waals surface area contributed by atoms with E-state index in [1.165, 1.54) is 0 Å². The summed E-state index contributed by atoms with van der Waals surface area (Å²) in [6.07, 6.45) is -0.549. The van der Waals surface area contributed by atoms with Crippen molar-refractivity contribution in [2.45, 2.75) is 13.2 Å². The van der Waals surface area contributed by atoms with Gasteiger partial charge in [-0.25, -0.2) is 0 Å². The summed E-state index contributed by atoms with van der Waals surface area (Å²) in [5, 5.41) is 2.84. The first-order valence-corrected chi connectivity index (χ1v) is 7.10. The van der Waals surface area contributed by atoms with Crippen molar-refractivity contribution in [1.82, 2.24) is 5.32 Å². The standard InChI is InChI=1S/C17H17NO4/c1-3-21-15-10-11(8-9-14(15)20-2)17-18-16(19)12-6-4-5-7-13(12)22-17/h4-10,17H,3H2,1-2H3,(H,18,19)/t17-/m1/s1. The van der Waals surface area contributed by atoms with Crippen molar-refractivity contribution in [3.05, 3.63) is 53.6 Å². The van der Waals surface area contributed by atoms with Crippen LogP contribution in [-0.4, -0.2) is 19.6 Å². The largest absolute Gasteiger partial charge is 0.493 e.